The lowest BCUT2D eigenvalue weighted by molar-refractivity contribution is -0.159. The molecule has 1 fully saturated rings. The van der Waals surface area contributed by atoms with Crippen LogP contribution in [0.25, 0.3) is 0 Å². The summed E-state index contributed by atoms with van der Waals surface area (Å²) in [6.45, 7) is 9.92. The highest BCUT2D eigenvalue weighted by Crippen LogP contribution is 2.42. The molecule has 0 aromatic carbocycles. The van der Waals surface area contributed by atoms with Crippen molar-refractivity contribution in [2.24, 2.45) is 17.3 Å². The van der Waals surface area contributed by atoms with Gasteiger partial charge in [0, 0.05) is 23.9 Å². The second-order valence-corrected chi connectivity index (χ2v) is 6.28. The first-order chi connectivity index (χ1) is 7.43. The third kappa shape index (κ3) is 1.79. The molecule has 2 rings (SSSR count). The zero-order valence-electron chi connectivity index (χ0n) is 10.9. The molecule has 2 aliphatic rings. The normalized spacial score (nSPS) is 28.6. The fraction of sp³-hybridized carbons (Fsp3) is 0.786. The van der Waals surface area contributed by atoms with Gasteiger partial charge in [-0.3, -0.25) is 4.79 Å². The third-order valence-electron chi connectivity index (χ3n) is 3.99. The second kappa shape index (κ2) is 3.90. The standard InChI is InChI=1S/C14H23NO/c1-10(2)12-14(3,4)9-15(12)13(16)11-7-5-6-8-11/h5-6,10-12H,7-9H2,1-4H3. The van der Waals surface area contributed by atoms with Gasteiger partial charge in [-0.05, 0) is 18.8 Å². The number of rotatable bonds is 2. The molecule has 16 heavy (non-hydrogen) atoms. The number of carbonyl (C=O) groups is 1. The first kappa shape index (κ1) is 11.7. The molecule has 1 aliphatic heterocycles. The maximum atomic E-state index is 12.3. The molecular weight excluding hydrogens is 198 g/mol. The molecule has 0 aromatic heterocycles. The SMILES string of the molecule is CC(C)C1N(C(=O)C2CC=CC2)CC1(C)C. The predicted molar refractivity (Wildman–Crippen MR) is 66.0 cm³/mol. The van der Waals surface area contributed by atoms with Gasteiger partial charge in [-0.15, -0.1) is 0 Å². The molecule has 0 N–H and O–H groups in total. The summed E-state index contributed by atoms with van der Waals surface area (Å²) in [5.74, 6) is 1.17. The zero-order valence-corrected chi connectivity index (χ0v) is 10.9. The monoisotopic (exact) mass is 221 g/mol. The molecule has 1 aliphatic carbocycles. The van der Waals surface area contributed by atoms with Crippen LogP contribution in [0.4, 0.5) is 0 Å². The Labute approximate surface area is 98.7 Å². The molecule has 0 bridgehead atoms. The van der Waals surface area contributed by atoms with E-state index in [1.807, 2.05) is 0 Å². The number of allylic oxidation sites excluding steroid dienone is 2. The molecule has 0 saturated carbocycles. The lowest BCUT2D eigenvalue weighted by Gasteiger charge is -2.57. The van der Waals surface area contributed by atoms with Gasteiger partial charge in [0.1, 0.15) is 0 Å². The molecule has 2 nitrogen and oxygen atoms in total. The average Bonchev–Trinajstić information content (AvgIpc) is 2.64. The van der Waals surface area contributed by atoms with Gasteiger partial charge in [-0.25, -0.2) is 0 Å². The summed E-state index contributed by atoms with van der Waals surface area (Å²) in [7, 11) is 0. The van der Waals surface area contributed by atoms with Crippen molar-refractivity contribution in [2.75, 3.05) is 6.54 Å². The van der Waals surface area contributed by atoms with Crippen LogP contribution < -0.4 is 0 Å². The van der Waals surface area contributed by atoms with Gasteiger partial charge in [0.05, 0.1) is 0 Å². The first-order valence-electron chi connectivity index (χ1n) is 6.39. The van der Waals surface area contributed by atoms with E-state index in [4.69, 9.17) is 0 Å². The van der Waals surface area contributed by atoms with Crippen LogP contribution in [0.2, 0.25) is 0 Å². The quantitative estimate of drug-likeness (QED) is 0.657. The van der Waals surface area contributed by atoms with Gasteiger partial charge in [-0.1, -0.05) is 39.8 Å². The average molecular weight is 221 g/mol. The molecule has 0 radical (unpaired) electrons. The van der Waals surface area contributed by atoms with E-state index in [1.54, 1.807) is 0 Å². The van der Waals surface area contributed by atoms with Crippen molar-refractivity contribution in [1.29, 1.82) is 0 Å². The Bertz CT molecular complexity index is 309. The van der Waals surface area contributed by atoms with Crippen LogP contribution >= 0.6 is 0 Å². The molecule has 1 amide bonds. The molecule has 90 valence electrons. The Morgan fingerprint density at radius 3 is 2.31 bits per heavy atom. The number of hydrogen-bond donors (Lipinski definition) is 0. The number of nitrogens with zero attached hydrogens (tertiary/aromatic N) is 1. The van der Waals surface area contributed by atoms with Crippen LogP contribution in [0, 0.1) is 17.3 Å². The minimum absolute atomic E-state index is 0.234. The van der Waals surface area contributed by atoms with Crippen molar-refractivity contribution in [1.82, 2.24) is 4.90 Å². The minimum atomic E-state index is 0.234. The van der Waals surface area contributed by atoms with Crippen LogP contribution in [0.15, 0.2) is 12.2 Å². The Hall–Kier alpha value is -0.790. The smallest absolute Gasteiger partial charge is 0.226 e. The summed E-state index contributed by atoms with van der Waals surface area (Å²) < 4.78 is 0. The fourth-order valence-corrected chi connectivity index (χ4v) is 3.47. The van der Waals surface area contributed by atoms with Gasteiger partial charge in [0.2, 0.25) is 5.91 Å². The molecule has 1 saturated heterocycles. The first-order valence-corrected chi connectivity index (χ1v) is 6.39. The number of hydrogen-bond acceptors (Lipinski definition) is 1. The van der Waals surface area contributed by atoms with E-state index in [0.29, 0.717) is 23.3 Å². The van der Waals surface area contributed by atoms with Crippen LogP contribution in [-0.2, 0) is 4.79 Å². The van der Waals surface area contributed by atoms with Crippen molar-refractivity contribution >= 4 is 5.91 Å². The van der Waals surface area contributed by atoms with Gasteiger partial charge in [0.25, 0.3) is 0 Å². The van der Waals surface area contributed by atoms with Crippen molar-refractivity contribution in [3.8, 4) is 0 Å². The minimum Gasteiger partial charge on any atom is -0.338 e. The Kier molecular flexibility index (Phi) is 2.85. The van der Waals surface area contributed by atoms with E-state index in [0.717, 1.165) is 19.4 Å². The summed E-state index contributed by atoms with van der Waals surface area (Å²) in [5.41, 5.74) is 0.301. The zero-order chi connectivity index (χ0) is 11.9. The van der Waals surface area contributed by atoms with Crippen molar-refractivity contribution < 1.29 is 4.79 Å². The van der Waals surface area contributed by atoms with Crippen LogP contribution in [0.3, 0.4) is 0 Å². The summed E-state index contributed by atoms with van der Waals surface area (Å²) in [6, 6.07) is 0.431. The van der Waals surface area contributed by atoms with E-state index >= 15 is 0 Å². The molecule has 0 spiro atoms. The molecule has 0 aromatic rings. The van der Waals surface area contributed by atoms with E-state index in [9.17, 15) is 4.79 Å². The summed E-state index contributed by atoms with van der Waals surface area (Å²) in [5, 5.41) is 0. The van der Waals surface area contributed by atoms with Crippen molar-refractivity contribution in [2.45, 2.75) is 46.6 Å². The molecule has 1 atom stereocenters. The molecule has 2 heteroatoms. The van der Waals surface area contributed by atoms with Gasteiger partial charge in [0.15, 0.2) is 0 Å². The maximum absolute atomic E-state index is 12.3. The van der Waals surface area contributed by atoms with E-state index in [1.165, 1.54) is 0 Å². The number of amides is 1. The van der Waals surface area contributed by atoms with Crippen molar-refractivity contribution in [3.05, 3.63) is 12.2 Å². The van der Waals surface area contributed by atoms with E-state index < -0.39 is 0 Å². The predicted octanol–water partition coefficient (Wildman–Crippen LogP) is 2.85. The Morgan fingerprint density at radius 1 is 1.31 bits per heavy atom. The Morgan fingerprint density at radius 2 is 1.88 bits per heavy atom. The highest BCUT2D eigenvalue weighted by Gasteiger charge is 2.50. The maximum Gasteiger partial charge on any atom is 0.226 e. The second-order valence-electron chi connectivity index (χ2n) is 6.28. The van der Waals surface area contributed by atoms with Gasteiger partial charge >= 0.3 is 0 Å². The van der Waals surface area contributed by atoms with Gasteiger partial charge in [-0.2, -0.15) is 0 Å². The fourth-order valence-electron chi connectivity index (χ4n) is 3.47. The largest absolute Gasteiger partial charge is 0.338 e. The molecule has 1 unspecified atom stereocenters. The third-order valence-corrected chi connectivity index (χ3v) is 3.99. The lowest BCUT2D eigenvalue weighted by Crippen LogP contribution is -2.66. The summed E-state index contributed by atoms with van der Waals surface area (Å²) in [6.07, 6.45) is 6.16. The lowest BCUT2D eigenvalue weighted by atomic mass is 9.69. The summed E-state index contributed by atoms with van der Waals surface area (Å²) in [4.78, 5) is 14.4. The van der Waals surface area contributed by atoms with Crippen molar-refractivity contribution in [3.63, 3.8) is 0 Å². The number of carbonyl (C=O) groups excluding carboxylic acids is 1. The van der Waals surface area contributed by atoms with Gasteiger partial charge < -0.3 is 4.90 Å². The van der Waals surface area contributed by atoms with E-state index in [-0.39, 0.29) is 5.92 Å². The highest BCUT2D eigenvalue weighted by molar-refractivity contribution is 5.81. The van der Waals surface area contributed by atoms with Crippen LogP contribution in [-0.4, -0.2) is 23.4 Å². The Balaban J connectivity index is 2.03. The van der Waals surface area contributed by atoms with Crippen LogP contribution in [0.1, 0.15) is 40.5 Å². The van der Waals surface area contributed by atoms with E-state index in [2.05, 4.69) is 44.7 Å². The number of likely N-dealkylation sites (tertiary alicyclic amines) is 1. The summed E-state index contributed by atoms with van der Waals surface area (Å²) >= 11 is 0. The molecular formula is C14H23NO. The molecule has 1 heterocycles. The van der Waals surface area contributed by atoms with Crippen LogP contribution in [0.5, 0.6) is 0 Å². The highest BCUT2D eigenvalue weighted by atomic mass is 16.2. The topological polar surface area (TPSA) is 20.3 Å².